The van der Waals surface area contributed by atoms with Gasteiger partial charge in [-0.15, -0.1) is 0 Å². The number of nitrogens with one attached hydrogen (secondary N) is 1. The molecule has 0 atom stereocenters. The molecule has 23 heavy (non-hydrogen) atoms. The van der Waals surface area contributed by atoms with Crippen molar-refractivity contribution in [3.8, 4) is 17.1 Å². The van der Waals surface area contributed by atoms with Crippen LogP contribution in [-0.2, 0) is 4.74 Å². The number of hydrogen-bond donors (Lipinski definition) is 3. The van der Waals surface area contributed by atoms with Gasteiger partial charge < -0.3 is 19.5 Å². The van der Waals surface area contributed by atoms with Gasteiger partial charge in [-0.2, -0.15) is 0 Å². The summed E-state index contributed by atoms with van der Waals surface area (Å²) in [5, 5.41) is 24.9. The Balaban J connectivity index is 2.23. The van der Waals surface area contributed by atoms with E-state index in [0.717, 1.165) is 6.20 Å². The molecule has 0 unspecified atom stereocenters. The number of aromatic carboxylic acids is 1. The summed E-state index contributed by atoms with van der Waals surface area (Å²) in [6, 6.07) is 4.15. The molecular formula is C15H16N2O6. The van der Waals surface area contributed by atoms with Crippen LogP contribution in [0.5, 0.6) is 5.75 Å². The number of amides is 1. The van der Waals surface area contributed by atoms with Crippen LogP contribution < -0.4 is 5.32 Å². The van der Waals surface area contributed by atoms with Gasteiger partial charge in [-0.1, -0.05) is 5.16 Å². The number of carbonyl (C=O) groups excluding carboxylic acids is 1. The molecule has 0 aliphatic rings. The molecule has 122 valence electrons. The smallest absolute Gasteiger partial charge is 0.412 e. The van der Waals surface area contributed by atoms with Crippen molar-refractivity contribution in [1.29, 1.82) is 0 Å². The first kappa shape index (κ1) is 16.3. The second-order valence-electron chi connectivity index (χ2n) is 5.73. The van der Waals surface area contributed by atoms with Gasteiger partial charge in [0.15, 0.2) is 5.76 Å². The number of carbonyl (C=O) groups is 2. The van der Waals surface area contributed by atoms with Crippen LogP contribution in [0, 0.1) is 0 Å². The summed E-state index contributed by atoms with van der Waals surface area (Å²) in [5.74, 6) is -1.45. The third-order valence-corrected chi connectivity index (χ3v) is 2.70. The highest BCUT2D eigenvalue weighted by molar-refractivity contribution is 5.94. The molecule has 2 aromatic rings. The quantitative estimate of drug-likeness (QED) is 0.743. The molecule has 8 heteroatoms. The molecule has 2 rings (SSSR count). The number of ether oxygens (including phenoxy) is 1. The van der Waals surface area contributed by atoms with Crippen molar-refractivity contribution in [2.45, 2.75) is 26.4 Å². The monoisotopic (exact) mass is 320 g/mol. The molecule has 0 spiro atoms. The van der Waals surface area contributed by atoms with Gasteiger partial charge in [0.1, 0.15) is 16.9 Å². The first-order chi connectivity index (χ1) is 10.7. The Morgan fingerprint density at radius 3 is 2.57 bits per heavy atom. The van der Waals surface area contributed by atoms with Crippen LogP contribution in [0.4, 0.5) is 10.5 Å². The van der Waals surface area contributed by atoms with Crippen LogP contribution in [0.1, 0.15) is 31.1 Å². The minimum atomic E-state index is -1.20. The molecule has 1 aromatic heterocycles. The first-order valence-corrected chi connectivity index (χ1v) is 6.69. The van der Waals surface area contributed by atoms with Crippen LogP contribution in [0.2, 0.25) is 0 Å². The first-order valence-electron chi connectivity index (χ1n) is 6.69. The second-order valence-corrected chi connectivity index (χ2v) is 5.73. The summed E-state index contributed by atoms with van der Waals surface area (Å²) < 4.78 is 9.98. The fourth-order valence-corrected chi connectivity index (χ4v) is 1.79. The van der Waals surface area contributed by atoms with E-state index in [0.29, 0.717) is 5.56 Å². The van der Waals surface area contributed by atoms with Crippen molar-refractivity contribution >= 4 is 17.7 Å². The SMILES string of the molecule is CC(C)(C)OC(=O)Nc1ccc(-c2oncc2C(=O)O)cc1O. The minimum Gasteiger partial charge on any atom is -0.506 e. The lowest BCUT2D eigenvalue weighted by Crippen LogP contribution is -2.27. The van der Waals surface area contributed by atoms with E-state index in [2.05, 4.69) is 10.5 Å². The Kier molecular flexibility index (Phi) is 4.26. The maximum Gasteiger partial charge on any atom is 0.412 e. The molecule has 1 aromatic carbocycles. The topological polar surface area (TPSA) is 122 Å². The Bertz CT molecular complexity index is 745. The van der Waals surface area contributed by atoms with Crippen LogP contribution in [0.3, 0.4) is 0 Å². The number of phenolic OH excluding ortho intramolecular Hbond substituents is 1. The number of anilines is 1. The molecule has 0 saturated heterocycles. The molecule has 0 aliphatic carbocycles. The molecular weight excluding hydrogens is 304 g/mol. The van der Waals surface area contributed by atoms with Crippen molar-refractivity contribution in [2.75, 3.05) is 5.32 Å². The summed E-state index contributed by atoms with van der Waals surface area (Å²) in [4.78, 5) is 22.7. The van der Waals surface area contributed by atoms with Crippen LogP contribution in [-0.4, -0.2) is 33.0 Å². The predicted molar refractivity (Wildman–Crippen MR) is 80.4 cm³/mol. The summed E-state index contributed by atoms with van der Waals surface area (Å²) in [6.45, 7) is 5.15. The van der Waals surface area contributed by atoms with Crippen LogP contribution >= 0.6 is 0 Å². The molecule has 0 bridgehead atoms. The number of aromatic hydroxyl groups is 1. The van der Waals surface area contributed by atoms with Crippen LogP contribution in [0.15, 0.2) is 28.9 Å². The largest absolute Gasteiger partial charge is 0.506 e. The molecule has 8 nitrogen and oxygen atoms in total. The lowest BCUT2D eigenvalue weighted by Gasteiger charge is -2.20. The third-order valence-electron chi connectivity index (χ3n) is 2.70. The van der Waals surface area contributed by atoms with E-state index in [1.54, 1.807) is 20.8 Å². The second kappa shape index (κ2) is 5.99. The Morgan fingerprint density at radius 1 is 1.30 bits per heavy atom. The van der Waals surface area contributed by atoms with Crippen molar-refractivity contribution in [1.82, 2.24) is 5.16 Å². The van der Waals surface area contributed by atoms with Crippen LogP contribution in [0.25, 0.3) is 11.3 Å². The van der Waals surface area contributed by atoms with E-state index >= 15 is 0 Å². The Hall–Kier alpha value is -3.03. The van der Waals surface area contributed by atoms with E-state index in [-0.39, 0.29) is 22.8 Å². The average Bonchev–Trinajstić information content (AvgIpc) is 2.88. The predicted octanol–water partition coefficient (Wildman–Crippen LogP) is 3.09. The summed E-state index contributed by atoms with van der Waals surface area (Å²) in [6.07, 6.45) is 0.355. The van der Waals surface area contributed by atoms with E-state index in [1.807, 2.05) is 0 Å². The zero-order chi connectivity index (χ0) is 17.2. The van der Waals surface area contributed by atoms with Crippen molar-refractivity contribution < 1.29 is 29.1 Å². The van der Waals surface area contributed by atoms with Crippen molar-refractivity contribution in [2.24, 2.45) is 0 Å². The number of benzene rings is 1. The lowest BCUT2D eigenvalue weighted by atomic mass is 10.1. The molecule has 3 N–H and O–H groups in total. The molecule has 0 fully saturated rings. The summed E-state index contributed by atoms with van der Waals surface area (Å²) in [7, 11) is 0. The van der Waals surface area contributed by atoms with Gasteiger partial charge in [-0.25, -0.2) is 9.59 Å². The highest BCUT2D eigenvalue weighted by Gasteiger charge is 2.20. The van der Waals surface area contributed by atoms with E-state index in [9.17, 15) is 14.7 Å². The van der Waals surface area contributed by atoms with E-state index in [4.69, 9.17) is 14.4 Å². The van der Waals surface area contributed by atoms with Crippen molar-refractivity contribution in [3.63, 3.8) is 0 Å². The van der Waals surface area contributed by atoms with Gasteiger partial charge in [0.2, 0.25) is 0 Å². The van der Waals surface area contributed by atoms with Gasteiger partial charge in [0.05, 0.1) is 11.9 Å². The maximum atomic E-state index is 11.7. The molecule has 1 amide bonds. The van der Waals surface area contributed by atoms with Gasteiger partial charge in [-0.05, 0) is 39.0 Å². The number of nitrogens with zero attached hydrogens (tertiary/aromatic N) is 1. The van der Waals surface area contributed by atoms with E-state index < -0.39 is 17.7 Å². The number of aromatic nitrogens is 1. The molecule has 0 saturated carbocycles. The zero-order valence-electron chi connectivity index (χ0n) is 12.8. The number of hydrogen-bond acceptors (Lipinski definition) is 6. The average molecular weight is 320 g/mol. The zero-order valence-corrected chi connectivity index (χ0v) is 12.8. The van der Waals surface area contributed by atoms with Gasteiger partial charge in [0.25, 0.3) is 0 Å². The number of carboxylic acid groups (broad SMARTS) is 1. The number of carboxylic acids is 1. The fourth-order valence-electron chi connectivity index (χ4n) is 1.79. The lowest BCUT2D eigenvalue weighted by molar-refractivity contribution is 0.0633. The van der Waals surface area contributed by atoms with Gasteiger partial charge in [0, 0.05) is 5.56 Å². The summed E-state index contributed by atoms with van der Waals surface area (Å²) in [5.41, 5.74) is -0.362. The number of rotatable bonds is 3. The fraction of sp³-hybridized carbons (Fsp3) is 0.267. The number of phenols is 1. The highest BCUT2D eigenvalue weighted by Crippen LogP contribution is 2.31. The molecule has 0 aliphatic heterocycles. The standard InChI is InChI=1S/C15H16N2O6/c1-15(2,3)22-14(21)17-10-5-4-8(6-11(10)18)12-9(13(19)20)7-16-23-12/h4-7,18H,1-3H3,(H,17,21)(H,19,20). The van der Waals surface area contributed by atoms with Crippen molar-refractivity contribution in [3.05, 3.63) is 30.0 Å². The Morgan fingerprint density at radius 2 is 2.00 bits per heavy atom. The van der Waals surface area contributed by atoms with E-state index in [1.165, 1.54) is 18.2 Å². The minimum absolute atomic E-state index is 0.0108. The Labute approximate surface area is 131 Å². The summed E-state index contributed by atoms with van der Waals surface area (Å²) >= 11 is 0. The third kappa shape index (κ3) is 4.00. The normalized spacial score (nSPS) is 11.1. The molecule has 0 radical (unpaired) electrons. The highest BCUT2D eigenvalue weighted by atomic mass is 16.6. The molecule has 1 heterocycles. The van der Waals surface area contributed by atoms with Gasteiger partial charge >= 0.3 is 12.1 Å². The van der Waals surface area contributed by atoms with Gasteiger partial charge in [-0.3, -0.25) is 5.32 Å². The maximum absolute atomic E-state index is 11.7.